The number of nitrogens with two attached hydrogens (primary N) is 1. The lowest BCUT2D eigenvalue weighted by molar-refractivity contribution is 0.312. The maximum absolute atomic E-state index is 5.90. The van der Waals surface area contributed by atoms with Gasteiger partial charge >= 0.3 is 0 Å². The fourth-order valence-corrected chi connectivity index (χ4v) is 2.63. The van der Waals surface area contributed by atoms with Crippen molar-refractivity contribution in [1.82, 2.24) is 14.7 Å². The summed E-state index contributed by atoms with van der Waals surface area (Å²) in [5.74, 6) is 0.765. The third-order valence-corrected chi connectivity index (χ3v) is 3.54. The lowest BCUT2D eigenvalue weighted by Crippen LogP contribution is -2.22. The van der Waals surface area contributed by atoms with Crippen molar-refractivity contribution in [2.45, 2.75) is 19.0 Å². The summed E-state index contributed by atoms with van der Waals surface area (Å²) >= 11 is 0. The minimum absolute atomic E-state index is 0.420. The van der Waals surface area contributed by atoms with Crippen LogP contribution in [0.15, 0.2) is 42.6 Å². The largest absolute Gasteiger partial charge is 0.384 e. The standard InChI is InChI=1S/C14H18N4/c15-14-6-8-16-18(14)13-7-9-17(11-13)10-12-4-2-1-3-5-12/h1-6,8,13H,7,9-11,15H2/t13-/m1/s1. The summed E-state index contributed by atoms with van der Waals surface area (Å²) < 4.78 is 1.95. The predicted octanol–water partition coefficient (Wildman–Crippen LogP) is 1.91. The van der Waals surface area contributed by atoms with E-state index in [-0.39, 0.29) is 0 Å². The van der Waals surface area contributed by atoms with E-state index in [9.17, 15) is 0 Å². The molecule has 0 amide bonds. The normalized spacial score (nSPS) is 20.3. The molecule has 1 aromatic carbocycles. The van der Waals surface area contributed by atoms with Gasteiger partial charge in [-0.25, -0.2) is 4.68 Å². The third-order valence-electron chi connectivity index (χ3n) is 3.54. The molecule has 18 heavy (non-hydrogen) atoms. The molecule has 3 rings (SSSR count). The van der Waals surface area contributed by atoms with Crippen LogP contribution in [0.2, 0.25) is 0 Å². The van der Waals surface area contributed by atoms with Gasteiger partial charge in [0.2, 0.25) is 0 Å². The molecule has 4 heteroatoms. The van der Waals surface area contributed by atoms with Crippen molar-refractivity contribution in [2.24, 2.45) is 0 Å². The monoisotopic (exact) mass is 242 g/mol. The molecule has 0 unspecified atom stereocenters. The van der Waals surface area contributed by atoms with E-state index in [0.717, 1.165) is 31.9 Å². The van der Waals surface area contributed by atoms with Crippen molar-refractivity contribution < 1.29 is 0 Å². The minimum Gasteiger partial charge on any atom is -0.384 e. The highest BCUT2D eigenvalue weighted by molar-refractivity contribution is 5.27. The zero-order chi connectivity index (χ0) is 12.4. The number of benzene rings is 1. The number of likely N-dealkylation sites (tertiary alicyclic amines) is 1. The SMILES string of the molecule is Nc1ccnn1[C@@H]1CCN(Cc2ccccc2)C1. The van der Waals surface area contributed by atoms with Gasteiger partial charge in [0.15, 0.2) is 0 Å². The number of nitrogen functional groups attached to an aromatic ring is 1. The lowest BCUT2D eigenvalue weighted by Gasteiger charge is -2.16. The molecule has 1 aromatic heterocycles. The van der Waals surface area contributed by atoms with E-state index in [1.54, 1.807) is 6.20 Å². The molecule has 2 N–H and O–H groups in total. The quantitative estimate of drug-likeness (QED) is 0.894. The molecule has 0 bridgehead atoms. The molecule has 0 saturated carbocycles. The molecule has 94 valence electrons. The van der Waals surface area contributed by atoms with Crippen molar-refractivity contribution in [2.75, 3.05) is 18.8 Å². The van der Waals surface area contributed by atoms with Crippen LogP contribution in [0.4, 0.5) is 5.82 Å². The molecule has 1 aliphatic rings. The summed E-state index contributed by atoms with van der Waals surface area (Å²) in [5, 5.41) is 4.30. The Morgan fingerprint density at radius 3 is 2.78 bits per heavy atom. The Morgan fingerprint density at radius 1 is 1.22 bits per heavy atom. The molecule has 0 radical (unpaired) electrons. The molecule has 4 nitrogen and oxygen atoms in total. The molecule has 0 aliphatic carbocycles. The van der Waals surface area contributed by atoms with Crippen LogP contribution < -0.4 is 5.73 Å². The average molecular weight is 242 g/mol. The maximum Gasteiger partial charge on any atom is 0.122 e. The molecular formula is C14H18N4. The highest BCUT2D eigenvalue weighted by atomic mass is 15.4. The van der Waals surface area contributed by atoms with Crippen LogP contribution in [-0.2, 0) is 6.54 Å². The Labute approximate surface area is 107 Å². The second-order valence-corrected chi connectivity index (χ2v) is 4.86. The molecule has 1 aliphatic heterocycles. The van der Waals surface area contributed by atoms with Crippen LogP contribution in [0.1, 0.15) is 18.0 Å². The second kappa shape index (κ2) is 4.82. The van der Waals surface area contributed by atoms with Crippen molar-refractivity contribution in [1.29, 1.82) is 0 Å². The third kappa shape index (κ3) is 2.24. The van der Waals surface area contributed by atoms with Gasteiger partial charge in [0.25, 0.3) is 0 Å². The predicted molar refractivity (Wildman–Crippen MR) is 72.0 cm³/mol. The zero-order valence-corrected chi connectivity index (χ0v) is 10.4. The molecule has 1 fully saturated rings. The molecule has 0 spiro atoms. The Morgan fingerprint density at radius 2 is 2.06 bits per heavy atom. The van der Waals surface area contributed by atoms with E-state index in [1.807, 2.05) is 10.7 Å². The number of anilines is 1. The number of hydrogen-bond acceptors (Lipinski definition) is 3. The van der Waals surface area contributed by atoms with Crippen molar-refractivity contribution in [3.05, 3.63) is 48.2 Å². The smallest absolute Gasteiger partial charge is 0.122 e. The summed E-state index contributed by atoms with van der Waals surface area (Å²) in [6.45, 7) is 3.15. The Balaban J connectivity index is 1.64. The molecule has 1 saturated heterocycles. The first kappa shape index (κ1) is 11.3. The van der Waals surface area contributed by atoms with Crippen molar-refractivity contribution >= 4 is 5.82 Å². The number of hydrogen-bond donors (Lipinski definition) is 1. The second-order valence-electron chi connectivity index (χ2n) is 4.86. The minimum atomic E-state index is 0.420. The summed E-state index contributed by atoms with van der Waals surface area (Å²) in [6.07, 6.45) is 2.90. The van der Waals surface area contributed by atoms with Gasteiger partial charge in [0.05, 0.1) is 12.2 Å². The van der Waals surface area contributed by atoms with Gasteiger partial charge in [-0.1, -0.05) is 30.3 Å². The van der Waals surface area contributed by atoms with E-state index in [4.69, 9.17) is 5.73 Å². The van der Waals surface area contributed by atoms with Crippen LogP contribution in [0, 0.1) is 0 Å². The van der Waals surface area contributed by atoms with Crippen LogP contribution in [-0.4, -0.2) is 27.8 Å². The summed E-state index contributed by atoms with van der Waals surface area (Å²) in [7, 11) is 0. The van der Waals surface area contributed by atoms with E-state index < -0.39 is 0 Å². The van der Waals surface area contributed by atoms with Crippen molar-refractivity contribution in [3.63, 3.8) is 0 Å². The maximum atomic E-state index is 5.90. The van der Waals surface area contributed by atoms with E-state index in [2.05, 4.69) is 40.3 Å². The Hall–Kier alpha value is -1.81. The molecule has 2 aromatic rings. The first-order valence-corrected chi connectivity index (χ1v) is 6.38. The summed E-state index contributed by atoms with van der Waals surface area (Å²) in [5.41, 5.74) is 7.27. The van der Waals surface area contributed by atoms with Crippen LogP contribution in [0.25, 0.3) is 0 Å². The highest BCUT2D eigenvalue weighted by Gasteiger charge is 2.25. The van der Waals surface area contributed by atoms with Crippen LogP contribution in [0.3, 0.4) is 0 Å². The summed E-state index contributed by atoms with van der Waals surface area (Å²) in [6, 6.07) is 12.9. The van der Waals surface area contributed by atoms with Crippen LogP contribution >= 0.6 is 0 Å². The first-order valence-electron chi connectivity index (χ1n) is 6.38. The summed E-state index contributed by atoms with van der Waals surface area (Å²) in [4.78, 5) is 2.46. The highest BCUT2D eigenvalue weighted by Crippen LogP contribution is 2.24. The van der Waals surface area contributed by atoms with Gasteiger partial charge < -0.3 is 5.73 Å². The van der Waals surface area contributed by atoms with Crippen molar-refractivity contribution in [3.8, 4) is 0 Å². The van der Waals surface area contributed by atoms with Gasteiger partial charge in [-0.15, -0.1) is 0 Å². The number of nitrogens with zero attached hydrogens (tertiary/aromatic N) is 3. The fraction of sp³-hybridized carbons (Fsp3) is 0.357. The molecule has 2 heterocycles. The van der Waals surface area contributed by atoms with E-state index in [0.29, 0.717) is 6.04 Å². The molecular weight excluding hydrogens is 224 g/mol. The number of rotatable bonds is 3. The van der Waals surface area contributed by atoms with Gasteiger partial charge in [0, 0.05) is 19.6 Å². The fourth-order valence-electron chi connectivity index (χ4n) is 2.63. The van der Waals surface area contributed by atoms with Crippen LogP contribution in [0.5, 0.6) is 0 Å². The Bertz CT molecular complexity index is 506. The van der Waals surface area contributed by atoms with E-state index in [1.165, 1.54) is 5.56 Å². The van der Waals surface area contributed by atoms with Gasteiger partial charge in [0.1, 0.15) is 5.82 Å². The van der Waals surface area contributed by atoms with E-state index >= 15 is 0 Å². The first-order chi connectivity index (χ1) is 8.83. The zero-order valence-electron chi connectivity index (χ0n) is 10.4. The Kier molecular flexibility index (Phi) is 3.02. The topological polar surface area (TPSA) is 47.1 Å². The van der Waals surface area contributed by atoms with Gasteiger partial charge in [-0.2, -0.15) is 5.10 Å². The van der Waals surface area contributed by atoms with Gasteiger partial charge in [-0.3, -0.25) is 4.90 Å². The lowest BCUT2D eigenvalue weighted by atomic mass is 10.2. The number of aromatic nitrogens is 2. The van der Waals surface area contributed by atoms with Gasteiger partial charge in [-0.05, 0) is 18.1 Å². The molecule has 1 atom stereocenters. The average Bonchev–Trinajstić information content (AvgIpc) is 2.99.